The van der Waals surface area contributed by atoms with Gasteiger partial charge in [-0.2, -0.15) is 0 Å². The van der Waals surface area contributed by atoms with Crippen molar-refractivity contribution >= 4 is 5.69 Å². The summed E-state index contributed by atoms with van der Waals surface area (Å²) in [7, 11) is 0. The van der Waals surface area contributed by atoms with Crippen molar-refractivity contribution in [3.8, 4) is 0 Å². The molecule has 1 heterocycles. The summed E-state index contributed by atoms with van der Waals surface area (Å²) in [5.74, 6) is 0.459. The van der Waals surface area contributed by atoms with Crippen LogP contribution in [0, 0.1) is 11.7 Å². The molecule has 1 aliphatic heterocycles. The number of nitrogens with one attached hydrogen (secondary N) is 1. The lowest BCUT2D eigenvalue weighted by molar-refractivity contribution is 0.537. The number of fused-ring (bicyclic) bond motifs is 1. The minimum Gasteiger partial charge on any atom is -0.381 e. The Bertz CT molecular complexity index is 320. The summed E-state index contributed by atoms with van der Waals surface area (Å²) in [6, 6.07) is 5.43. The molecule has 1 aromatic carbocycles. The summed E-state index contributed by atoms with van der Waals surface area (Å²) in [4.78, 5) is 0. The highest BCUT2D eigenvalue weighted by Gasteiger charge is 2.22. The Morgan fingerprint density at radius 3 is 2.92 bits per heavy atom. The van der Waals surface area contributed by atoms with E-state index in [2.05, 4.69) is 19.2 Å². The lowest BCUT2D eigenvalue weighted by Gasteiger charge is -2.14. The highest BCUT2D eigenvalue weighted by molar-refractivity contribution is 5.56. The molecule has 1 N–H and O–H groups in total. The van der Waals surface area contributed by atoms with Gasteiger partial charge in [0, 0.05) is 11.7 Å². The predicted molar refractivity (Wildman–Crippen MR) is 52.4 cm³/mol. The van der Waals surface area contributed by atoms with Gasteiger partial charge in [0.2, 0.25) is 0 Å². The second-order valence-electron chi connectivity index (χ2n) is 4.00. The van der Waals surface area contributed by atoms with E-state index in [9.17, 15) is 4.39 Å². The summed E-state index contributed by atoms with van der Waals surface area (Å²) < 4.78 is 12.9. The molecule has 0 spiro atoms. The van der Waals surface area contributed by atoms with Crippen LogP contribution in [-0.2, 0) is 6.42 Å². The van der Waals surface area contributed by atoms with Crippen LogP contribution in [0.15, 0.2) is 18.2 Å². The number of halogens is 1. The molecular weight excluding hydrogens is 165 g/mol. The van der Waals surface area contributed by atoms with Gasteiger partial charge in [-0.25, -0.2) is 4.39 Å². The van der Waals surface area contributed by atoms with E-state index in [4.69, 9.17) is 0 Å². The molecule has 2 rings (SSSR count). The van der Waals surface area contributed by atoms with Gasteiger partial charge in [-0.05, 0) is 36.1 Å². The van der Waals surface area contributed by atoms with Crippen molar-refractivity contribution in [3.05, 3.63) is 29.6 Å². The van der Waals surface area contributed by atoms with Crippen LogP contribution in [0.5, 0.6) is 0 Å². The largest absolute Gasteiger partial charge is 0.381 e. The number of rotatable bonds is 1. The first kappa shape index (κ1) is 8.54. The molecule has 0 radical (unpaired) electrons. The van der Waals surface area contributed by atoms with Gasteiger partial charge >= 0.3 is 0 Å². The Morgan fingerprint density at radius 2 is 2.23 bits per heavy atom. The van der Waals surface area contributed by atoms with Gasteiger partial charge in [-0.3, -0.25) is 0 Å². The molecule has 0 saturated heterocycles. The monoisotopic (exact) mass is 179 g/mol. The summed E-state index contributed by atoms with van der Waals surface area (Å²) in [5, 5.41) is 3.39. The van der Waals surface area contributed by atoms with Gasteiger partial charge in [-0.1, -0.05) is 13.8 Å². The molecule has 0 saturated carbocycles. The summed E-state index contributed by atoms with van der Waals surface area (Å²) in [6.07, 6.45) is 0.949. The normalized spacial score (nSPS) is 20.2. The van der Waals surface area contributed by atoms with Gasteiger partial charge in [0.15, 0.2) is 0 Å². The molecule has 2 heteroatoms. The van der Waals surface area contributed by atoms with E-state index in [-0.39, 0.29) is 5.82 Å². The fourth-order valence-electron chi connectivity index (χ4n) is 1.76. The Labute approximate surface area is 78.0 Å². The molecule has 1 unspecified atom stereocenters. The van der Waals surface area contributed by atoms with Crippen LogP contribution in [0.4, 0.5) is 10.1 Å². The van der Waals surface area contributed by atoms with E-state index >= 15 is 0 Å². The second kappa shape index (κ2) is 3.02. The van der Waals surface area contributed by atoms with E-state index in [1.54, 1.807) is 6.07 Å². The van der Waals surface area contributed by atoms with Gasteiger partial charge in [-0.15, -0.1) is 0 Å². The average molecular weight is 179 g/mol. The standard InChI is InChI=1S/C11H14FN/c1-7(2)11-6-8-5-9(12)3-4-10(8)13-11/h3-5,7,11,13H,6H2,1-2H3. The zero-order valence-electron chi connectivity index (χ0n) is 7.97. The maximum absolute atomic E-state index is 12.9. The molecule has 13 heavy (non-hydrogen) atoms. The van der Waals surface area contributed by atoms with E-state index < -0.39 is 0 Å². The van der Waals surface area contributed by atoms with Crippen LogP contribution in [0.2, 0.25) is 0 Å². The number of anilines is 1. The highest BCUT2D eigenvalue weighted by Crippen LogP contribution is 2.29. The van der Waals surface area contributed by atoms with Crippen LogP contribution < -0.4 is 5.32 Å². The Hall–Kier alpha value is -1.05. The van der Waals surface area contributed by atoms with Crippen molar-refractivity contribution in [2.75, 3.05) is 5.32 Å². The average Bonchev–Trinajstić information content (AvgIpc) is 2.46. The molecule has 1 atom stereocenters. The van der Waals surface area contributed by atoms with Crippen LogP contribution in [0.3, 0.4) is 0 Å². The van der Waals surface area contributed by atoms with Crippen molar-refractivity contribution in [2.45, 2.75) is 26.3 Å². The zero-order chi connectivity index (χ0) is 9.42. The molecule has 0 bridgehead atoms. The summed E-state index contributed by atoms with van der Waals surface area (Å²) in [5.41, 5.74) is 2.21. The van der Waals surface area contributed by atoms with Crippen LogP contribution in [0.25, 0.3) is 0 Å². The maximum Gasteiger partial charge on any atom is 0.123 e. The molecule has 0 fully saturated rings. The predicted octanol–water partition coefficient (Wildman–Crippen LogP) is 2.82. The van der Waals surface area contributed by atoms with Crippen molar-refractivity contribution in [1.29, 1.82) is 0 Å². The number of hydrogen-bond donors (Lipinski definition) is 1. The van der Waals surface area contributed by atoms with Crippen molar-refractivity contribution < 1.29 is 4.39 Å². The van der Waals surface area contributed by atoms with Gasteiger partial charge in [0.1, 0.15) is 5.82 Å². The van der Waals surface area contributed by atoms with E-state index in [0.717, 1.165) is 17.7 Å². The minimum atomic E-state index is -0.134. The fourth-order valence-corrected chi connectivity index (χ4v) is 1.76. The molecule has 0 aliphatic carbocycles. The van der Waals surface area contributed by atoms with Crippen molar-refractivity contribution in [2.24, 2.45) is 5.92 Å². The van der Waals surface area contributed by atoms with E-state index in [1.165, 1.54) is 6.07 Å². The first-order valence-corrected chi connectivity index (χ1v) is 4.72. The molecule has 0 amide bonds. The topological polar surface area (TPSA) is 12.0 Å². The minimum absolute atomic E-state index is 0.134. The maximum atomic E-state index is 12.9. The molecule has 1 aliphatic rings. The lowest BCUT2D eigenvalue weighted by Crippen LogP contribution is -2.21. The van der Waals surface area contributed by atoms with Crippen molar-refractivity contribution in [3.63, 3.8) is 0 Å². The molecule has 0 aromatic heterocycles. The lowest BCUT2D eigenvalue weighted by atomic mass is 10.0. The number of benzene rings is 1. The summed E-state index contributed by atoms with van der Waals surface area (Å²) >= 11 is 0. The third kappa shape index (κ3) is 1.53. The molecule has 70 valence electrons. The quantitative estimate of drug-likeness (QED) is 0.699. The third-order valence-electron chi connectivity index (χ3n) is 2.65. The van der Waals surface area contributed by atoms with Gasteiger partial charge in [0.05, 0.1) is 0 Å². The summed E-state index contributed by atoms with van der Waals surface area (Å²) in [6.45, 7) is 4.36. The van der Waals surface area contributed by atoms with E-state index in [0.29, 0.717) is 12.0 Å². The Kier molecular flexibility index (Phi) is 1.98. The van der Waals surface area contributed by atoms with Crippen LogP contribution >= 0.6 is 0 Å². The molecular formula is C11H14FN. The van der Waals surface area contributed by atoms with Gasteiger partial charge in [0.25, 0.3) is 0 Å². The Morgan fingerprint density at radius 1 is 1.46 bits per heavy atom. The number of hydrogen-bond acceptors (Lipinski definition) is 1. The van der Waals surface area contributed by atoms with Crippen LogP contribution in [-0.4, -0.2) is 6.04 Å². The second-order valence-corrected chi connectivity index (χ2v) is 4.00. The fraction of sp³-hybridized carbons (Fsp3) is 0.455. The Balaban J connectivity index is 2.25. The highest BCUT2D eigenvalue weighted by atomic mass is 19.1. The van der Waals surface area contributed by atoms with Gasteiger partial charge < -0.3 is 5.32 Å². The van der Waals surface area contributed by atoms with Crippen LogP contribution in [0.1, 0.15) is 19.4 Å². The first-order valence-electron chi connectivity index (χ1n) is 4.72. The molecule has 1 aromatic rings. The SMILES string of the molecule is CC(C)C1Cc2cc(F)ccc2N1. The first-order chi connectivity index (χ1) is 6.16. The van der Waals surface area contributed by atoms with Crippen molar-refractivity contribution in [1.82, 2.24) is 0 Å². The zero-order valence-corrected chi connectivity index (χ0v) is 7.97. The molecule has 1 nitrogen and oxygen atoms in total. The smallest absolute Gasteiger partial charge is 0.123 e. The van der Waals surface area contributed by atoms with E-state index in [1.807, 2.05) is 6.07 Å². The third-order valence-corrected chi connectivity index (χ3v) is 2.65.